The molecule has 0 bridgehead atoms. The van der Waals surface area contributed by atoms with Gasteiger partial charge in [0.05, 0.1) is 5.02 Å². The average Bonchev–Trinajstić information content (AvgIpc) is 2.50. The van der Waals surface area contributed by atoms with Crippen LogP contribution < -0.4 is 10.1 Å². The number of nitrogens with one attached hydrogen (secondary N) is 1. The van der Waals surface area contributed by atoms with E-state index in [1.54, 1.807) is 19.1 Å². The van der Waals surface area contributed by atoms with E-state index < -0.39 is 6.10 Å². The molecule has 0 aliphatic heterocycles. The number of benzene rings is 2. The van der Waals surface area contributed by atoms with E-state index >= 15 is 0 Å². The van der Waals surface area contributed by atoms with Crippen LogP contribution in [0.3, 0.4) is 0 Å². The van der Waals surface area contributed by atoms with Crippen molar-refractivity contribution in [3.8, 4) is 5.75 Å². The zero-order valence-electron chi connectivity index (χ0n) is 11.9. The van der Waals surface area contributed by atoms with E-state index in [0.717, 1.165) is 6.42 Å². The van der Waals surface area contributed by atoms with Crippen molar-refractivity contribution in [2.24, 2.45) is 0 Å². The highest BCUT2D eigenvalue weighted by Crippen LogP contribution is 2.24. The van der Waals surface area contributed by atoms with Gasteiger partial charge in [-0.1, -0.05) is 54.1 Å². The van der Waals surface area contributed by atoms with Crippen molar-refractivity contribution < 1.29 is 9.53 Å². The van der Waals surface area contributed by atoms with E-state index in [4.69, 9.17) is 16.3 Å². The summed E-state index contributed by atoms with van der Waals surface area (Å²) in [5.74, 6) is 0.371. The summed E-state index contributed by atoms with van der Waals surface area (Å²) in [5, 5.41) is 3.36. The number of para-hydroxylation sites is 1. The maximum absolute atomic E-state index is 12.0. The summed E-state index contributed by atoms with van der Waals surface area (Å²) in [5.41, 5.74) is 1.19. The predicted molar refractivity (Wildman–Crippen MR) is 84.7 cm³/mol. The molecule has 0 aliphatic rings. The molecule has 1 N–H and O–H groups in total. The maximum atomic E-state index is 12.0. The summed E-state index contributed by atoms with van der Waals surface area (Å²) in [6, 6.07) is 17.1. The molecule has 0 spiro atoms. The van der Waals surface area contributed by atoms with E-state index in [9.17, 15) is 4.79 Å². The maximum Gasteiger partial charge on any atom is 0.260 e. The first kappa shape index (κ1) is 15.4. The van der Waals surface area contributed by atoms with Crippen molar-refractivity contribution in [1.29, 1.82) is 0 Å². The van der Waals surface area contributed by atoms with Crippen molar-refractivity contribution in [3.05, 3.63) is 65.2 Å². The van der Waals surface area contributed by atoms with Crippen LogP contribution in [0.25, 0.3) is 0 Å². The van der Waals surface area contributed by atoms with Crippen LogP contribution in [0.2, 0.25) is 5.02 Å². The first-order chi connectivity index (χ1) is 10.2. The van der Waals surface area contributed by atoms with Gasteiger partial charge in [0.1, 0.15) is 5.75 Å². The van der Waals surface area contributed by atoms with Crippen LogP contribution in [0.15, 0.2) is 54.6 Å². The molecule has 21 heavy (non-hydrogen) atoms. The fourth-order valence-corrected chi connectivity index (χ4v) is 2.08. The molecule has 0 fully saturated rings. The molecule has 2 aromatic carbocycles. The van der Waals surface area contributed by atoms with Crippen molar-refractivity contribution in [2.45, 2.75) is 19.4 Å². The molecular formula is C17H18ClNO2. The van der Waals surface area contributed by atoms with Crippen LogP contribution in [0, 0.1) is 0 Å². The van der Waals surface area contributed by atoms with Gasteiger partial charge in [-0.25, -0.2) is 0 Å². The molecule has 0 aromatic heterocycles. The van der Waals surface area contributed by atoms with E-state index in [-0.39, 0.29) is 5.91 Å². The summed E-state index contributed by atoms with van der Waals surface area (Å²) in [4.78, 5) is 12.0. The minimum Gasteiger partial charge on any atom is -0.479 e. The number of hydrogen-bond donors (Lipinski definition) is 1. The molecule has 1 atom stereocenters. The van der Waals surface area contributed by atoms with Gasteiger partial charge in [0.15, 0.2) is 6.10 Å². The first-order valence-corrected chi connectivity index (χ1v) is 7.27. The van der Waals surface area contributed by atoms with Crippen molar-refractivity contribution in [1.82, 2.24) is 5.32 Å². The van der Waals surface area contributed by atoms with Gasteiger partial charge in [-0.3, -0.25) is 4.79 Å². The van der Waals surface area contributed by atoms with Crippen molar-refractivity contribution in [2.75, 3.05) is 6.54 Å². The molecule has 0 aliphatic carbocycles. The third-order valence-electron chi connectivity index (χ3n) is 3.07. The highest BCUT2D eigenvalue weighted by Gasteiger charge is 2.15. The number of halogens is 1. The standard InChI is InChI=1S/C17H18ClNO2/c1-13(21-16-10-6-5-9-15(16)18)17(20)19-12-11-14-7-3-2-4-8-14/h2-10,13H,11-12H2,1H3,(H,19,20)/t13-/m1/s1. The second kappa shape index (κ2) is 7.70. The largest absolute Gasteiger partial charge is 0.479 e. The van der Waals surface area contributed by atoms with Crippen molar-refractivity contribution in [3.63, 3.8) is 0 Å². The highest BCUT2D eigenvalue weighted by molar-refractivity contribution is 6.32. The van der Waals surface area contributed by atoms with Crippen LogP contribution in [0.5, 0.6) is 5.75 Å². The molecule has 4 heteroatoms. The molecule has 0 heterocycles. The number of ether oxygens (including phenoxy) is 1. The molecule has 0 radical (unpaired) electrons. The van der Waals surface area contributed by atoms with Gasteiger partial charge in [0.2, 0.25) is 0 Å². The number of hydrogen-bond acceptors (Lipinski definition) is 2. The minimum atomic E-state index is -0.583. The van der Waals surface area contributed by atoms with Gasteiger partial charge in [0, 0.05) is 6.54 Å². The Morgan fingerprint density at radius 2 is 1.81 bits per heavy atom. The van der Waals surface area contributed by atoms with Crippen LogP contribution in [-0.4, -0.2) is 18.6 Å². The molecule has 2 aromatic rings. The monoisotopic (exact) mass is 303 g/mol. The van der Waals surface area contributed by atoms with Crippen molar-refractivity contribution >= 4 is 17.5 Å². The van der Waals surface area contributed by atoms with E-state index in [0.29, 0.717) is 17.3 Å². The third-order valence-corrected chi connectivity index (χ3v) is 3.38. The summed E-state index contributed by atoms with van der Waals surface area (Å²) in [6.45, 7) is 2.29. The third kappa shape index (κ3) is 4.80. The summed E-state index contributed by atoms with van der Waals surface area (Å²) in [7, 11) is 0. The van der Waals surface area contributed by atoms with Gasteiger partial charge in [-0.2, -0.15) is 0 Å². The number of carbonyl (C=O) groups is 1. The molecule has 0 saturated heterocycles. The normalized spacial score (nSPS) is 11.7. The number of amides is 1. The zero-order chi connectivity index (χ0) is 15.1. The quantitative estimate of drug-likeness (QED) is 0.887. The Morgan fingerprint density at radius 1 is 1.14 bits per heavy atom. The zero-order valence-corrected chi connectivity index (χ0v) is 12.6. The van der Waals surface area contributed by atoms with E-state index in [1.165, 1.54) is 5.56 Å². The fourth-order valence-electron chi connectivity index (χ4n) is 1.90. The Balaban J connectivity index is 1.79. The smallest absolute Gasteiger partial charge is 0.260 e. The lowest BCUT2D eigenvalue weighted by molar-refractivity contribution is -0.127. The lowest BCUT2D eigenvalue weighted by Crippen LogP contribution is -2.37. The minimum absolute atomic E-state index is 0.147. The molecule has 2 rings (SSSR count). The summed E-state index contributed by atoms with van der Waals surface area (Å²) < 4.78 is 5.57. The molecular weight excluding hydrogens is 286 g/mol. The lowest BCUT2D eigenvalue weighted by atomic mass is 10.1. The average molecular weight is 304 g/mol. The molecule has 1 amide bonds. The number of rotatable bonds is 6. The van der Waals surface area contributed by atoms with Gasteiger partial charge < -0.3 is 10.1 Å². The Morgan fingerprint density at radius 3 is 2.52 bits per heavy atom. The summed E-state index contributed by atoms with van der Waals surface area (Å²) >= 11 is 6.00. The number of carbonyl (C=O) groups excluding carboxylic acids is 1. The second-order valence-corrected chi connectivity index (χ2v) is 5.12. The fraction of sp³-hybridized carbons (Fsp3) is 0.235. The van der Waals surface area contributed by atoms with E-state index in [2.05, 4.69) is 5.32 Å². The Bertz CT molecular complexity index is 586. The van der Waals surface area contributed by atoms with Crippen LogP contribution in [0.1, 0.15) is 12.5 Å². The molecule has 0 unspecified atom stereocenters. The van der Waals surface area contributed by atoms with Crippen LogP contribution >= 0.6 is 11.6 Å². The van der Waals surface area contributed by atoms with Crippen LogP contribution in [0.4, 0.5) is 0 Å². The van der Waals surface area contributed by atoms with E-state index in [1.807, 2.05) is 42.5 Å². The van der Waals surface area contributed by atoms with Gasteiger partial charge in [-0.15, -0.1) is 0 Å². The molecule has 3 nitrogen and oxygen atoms in total. The highest BCUT2D eigenvalue weighted by atomic mass is 35.5. The topological polar surface area (TPSA) is 38.3 Å². The first-order valence-electron chi connectivity index (χ1n) is 6.89. The lowest BCUT2D eigenvalue weighted by Gasteiger charge is -2.15. The predicted octanol–water partition coefficient (Wildman–Crippen LogP) is 3.47. The second-order valence-electron chi connectivity index (χ2n) is 4.72. The molecule has 0 saturated carbocycles. The SMILES string of the molecule is C[C@@H](Oc1ccccc1Cl)C(=O)NCCc1ccccc1. The molecule has 110 valence electrons. The Hall–Kier alpha value is -2.00. The Labute approximate surface area is 129 Å². The summed E-state index contributed by atoms with van der Waals surface area (Å²) in [6.07, 6.45) is 0.214. The van der Waals surface area contributed by atoms with Gasteiger partial charge >= 0.3 is 0 Å². The van der Waals surface area contributed by atoms with Gasteiger partial charge in [0.25, 0.3) is 5.91 Å². The van der Waals surface area contributed by atoms with Crippen LogP contribution in [-0.2, 0) is 11.2 Å². The Kier molecular flexibility index (Phi) is 5.64. The van der Waals surface area contributed by atoms with Gasteiger partial charge in [-0.05, 0) is 31.0 Å².